The van der Waals surface area contributed by atoms with E-state index in [1.54, 1.807) is 6.08 Å². The fourth-order valence-corrected chi connectivity index (χ4v) is 1.45. The van der Waals surface area contributed by atoms with E-state index in [2.05, 4.69) is 4.99 Å². The van der Waals surface area contributed by atoms with Crippen LogP contribution in [0.3, 0.4) is 0 Å². The van der Waals surface area contributed by atoms with E-state index in [1.807, 2.05) is 31.2 Å². The Hall–Kier alpha value is -1.90. The lowest BCUT2D eigenvalue weighted by molar-refractivity contribution is -0.137. The van der Waals surface area contributed by atoms with Gasteiger partial charge in [0.2, 0.25) is 0 Å². The summed E-state index contributed by atoms with van der Waals surface area (Å²) >= 11 is 0. The predicted octanol–water partition coefficient (Wildman–Crippen LogP) is 2.12. The van der Waals surface area contributed by atoms with Crippen LogP contribution in [0, 0.1) is 12.8 Å². The standard InChI is InChI=1S/C12H11NO2/c1-8-2-4-9(5-3-8)11-6-10(7-13-11)12(14)15/h2-7,10H,1H3,(H,14,15)/t10-/m1/s1. The van der Waals surface area contributed by atoms with Crippen molar-refractivity contribution in [1.82, 2.24) is 0 Å². The van der Waals surface area contributed by atoms with Gasteiger partial charge in [-0.2, -0.15) is 0 Å². The summed E-state index contributed by atoms with van der Waals surface area (Å²) < 4.78 is 0. The monoisotopic (exact) mass is 201 g/mol. The van der Waals surface area contributed by atoms with Gasteiger partial charge in [-0.25, -0.2) is 0 Å². The van der Waals surface area contributed by atoms with Crippen molar-refractivity contribution in [2.75, 3.05) is 0 Å². The third kappa shape index (κ3) is 1.96. The van der Waals surface area contributed by atoms with Gasteiger partial charge < -0.3 is 5.11 Å². The lowest BCUT2D eigenvalue weighted by Crippen LogP contribution is -2.09. The molecular formula is C12H11NO2. The molecule has 0 amide bonds. The van der Waals surface area contributed by atoms with Gasteiger partial charge in [-0.05, 0) is 18.6 Å². The van der Waals surface area contributed by atoms with E-state index in [4.69, 9.17) is 5.11 Å². The largest absolute Gasteiger partial charge is 0.481 e. The Balaban J connectivity index is 2.27. The molecule has 1 heterocycles. The number of aliphatic carboxylic acids is 1. The van der Waals surface area contributed by atoms with Gasteiger partial charge in [-0.3, -0.25) is 9.79 Å². The van der Waals surface area contributed by atoms with E-state index in [9.17, 15) is 4.79 Å². The molecule has 15 heavy (non-hydrogen) atoms. The second-order valence-corrected chi connectivity index (χ2v) is 3.56. The van der Waals surface area contributed by atoms with Gasteiger partial charge in [0.15, 0.2) is 0 Å². The number of carbonyl (C=O) groups is 1. The Kier molecular flexibility index (Phi) is 2.37. The van der Waals surface area contributed by atoms with Gasteiger partial charge in [0.1, 0.15) is 5.92 Å². The van der Waals surface area contributed by atoms with Gasteiger partial charge in [-0.1, -0.05) is 29.8 Å². The normalized spacial score (nSPS) is 19.0. The Morgan fingerprint density at radius 2 is 2.00 bits per heavy atom. The van der Waals surface area contributed by atoms with Crippen LogP contribution in [0.4, 0.5) is 0 Å². The van der Waals surface area contributed by atoms with Gasteiger partial charge in [0, 0.05) is 6.21 Å². The van der Waals surface area contributed by atoms with E-state index in [-0.39, 0.29) is 0 Å². The first-order chi connectivity index (χ1) is 7.16. The van der Waals surface area contributed by atoms with Gasteiger partial charge >= 0.3 is 5.97 Å². The topological polar surface area (TPSA) is 49.7 Å². The molecule has 1 N–H and O–H groups in total. The minimum absolute atomic E-state index is 0.582. The highest BCUT2D eigenvalue weighted by atomic mass is 16.4. The molecule has 0 saturated carbocycles. The fourth-order valence-electron chi connectivity index (χ4n) is 1.45. The molecule has 0 saturated heterocycles. The van der Waals surface area contributed by atoms with E-state index in [1.165, 1.54) is 11.8 Å². The Bertz CT molecular complexity index is 443. The molecule has 1 aromatic rings. The molecule has 0 spiro atoms. The lowest BCUT2D eigenvalue weighted by Gasteiger charge is -1.99. The fraction of sp³-hybridized carbons (Fsp3) is 0.167. The van der Waals surface area contributed by atoms with Crippen molar-refractivity contribution in [3.05, 3.63) is 41.5 Å². The lowest BCUT2D eigenvalue weighted by atomic mass is 10.1. The molecule has 1 aliphatic heterocycles. The number of nitrogens with zero attached hydrogens (tertiary/aromatic N) is 1. The highest BCUT2D eigenvalue weighted by molar-refractivity contribution is 5.98. The zero-order valence-electron chi connectivity index (χ0n) is 8.34. The maximum absolute atomic E-state index is 10.7. The summed E-state index contributed by atoms with van der Waals surface area (Å²) in [5, 5.41) is 8.79. The molecule has 1 aromatic carbocycles. The van der Waals surface area contributed by atoms with Gasteiger partial charge in [0.25, 0.3) is 0 Å². The molecular weight excluding hydrogens is 190 g/mol. The first-order valence-corrected chi connectivity index (χ1v) is 4.72. The van der Waals surface area contributed by atoms with Gasteiger partial charge in [-0.15, -0.1) is 0 Å². The molecule has 0 bridgehead atoms. The number of carboxylic acid groups (broad SMARTS) is 1. The van der Waals surface area contributed by atoms with E-state index < -0.39 is 11.9 Å². The van der Waals surface area contributed by atoms with Gasteiger partial charge in [0.05, 0.1) is 5.70 Å². The summed E-state index contributed by atoms with van der Waals surface area (Å²) in [7, 11) is 0. The Morgan fingerprint density at radius 1 is 1.33 bits per heavy atom. The highest BCUT2D eigenvalue weighted by Gasteiger charge is 2.18. The first kappa shape index (κ1) is 9.65. The number of rotatable bonds is 2. The van der Waals surface area contributed by atoms with Crippen molar-refractivity contribution >= 4 is 17.9 Å². The quantitative estimate of drug-likeness (QED) is 0.796. The molecule has 1 aliphatic rings. The summed E-state index contributed by atoms with van der Waals surface area (Å²) in [5.74, 6) is -1.44. The first-order valence-electron chi connectivity index (χ1n) is 4.72. The average Bonchev–Trinajstić information content (AvgIpc) is 2.68. The zero-order chi connectivity index (χ0) is 10.8. The van der Waals surface area contributed by atoms with Crippen LogP contribution >= 0.6 is 0 Å². The second-order valence-electron chi connectivity index (χ2n) is 3.56. The van der Waals surface area contributed by atoms with Crippen molar-refractivity contribution in [2.24, 2.45) is 10.9 Å². The molecule has 3 nitrogen and oxygen atoms in total. The number of aryl methyl sites for hydroxylation is 1. The maximum Gasteiger partial charge on any atom is 0.315 e. The summed E-state index contributed by atoms with van der Waals surface area (Å²) in [6.45, 7) is 2.01. The van der Waals surface area contributed by atoms with Crippen molar-refractivity contribution in [3.63, 3.8) is 0 Å². The molecule has 76 valence electrons. The Labute approximate surface area is 87.8 Å². The van der Waals surface area contributed by atoms with Crippen LogP contribution in [0.5, 0.6) is 0 Å². The molecule has 0 aliphatic carbocycles. The summed E-state index contributed by atoms with van der Waals surface area (Å²) in [4.78, 5) is 14.8. The van der Waals surface area contributed by atoms with Crippen molar-refractivity contribution in [3.8, 4) is 0 Å². The summed E-state index contributed by atoms with van der Waals surface area (Å²) in [6.07, 6.45) is 3.12. The summed E-state index contributed by atoms with van der Waals surface area (Å²) in [5.41, 5.74) is 2.87. The zero-order valence-corrected chi connectivity index (χ0v) is 8.34. The molecule has 0 aromatic heterocycles. The van der Waals surface area contributed by atoms with Crippen LogP contribution in [0.15, 0.2) is 35.3 Å². The minimum Gasteiger partial charge on any atom is -0.481 e. The third-order valence-corrected chi connectivity index (χ3v) is 2.34. The number of hydrogen-bond acceptors (Lipinski definition) is 2. The highest BCUT2D eigenvalue weighted by Crippen LogP contribution is 2.22. The number of hydrogen-bond donors (Lipinski definition) is 1. The van der Waals surface area contributed by atoms with Crippen LogP contribution in [0.2, 0.25) is 0 Å². The van der Waals surface area contributed by atoms with Crippen LogP contribution in [-0.4, -0.2) is 17.3 Å². The second kappa shape index (κ2) is 3.69. The number of carboxylic acids is 1. The molecule has 1 atom stereocenters. The van der Waals surface area contributed by atoms with Crippen molar-refractivity contribution < 1.29 is 9.90 Å². The molecule has 3 heteroatoms. The smallest absolute Gasteiger partial charge is 0.315 e. The maximum atomic E-state index is 10.7. The Morgan fingerprint density at radius 3 is 2.53 bits per heavy atom. The molecule has 0 radical (unpaired) electrons. The summed E-state index contributed by atoms with van der Waals surface area (Å²) in [6, 6.07) is 7.87. The van der Waals surface area contributed by atoms with Crippen LogP contribution in [0.1, 0.15) is 11.1 Å². The van der Waals surface area contributed by atoms with Crippen LogP contribution < -0.4 is 0 Å². The molecule has 0 fully saturated rings. The predicted molar refractivity (Wildman–Crippen MR) is 58.8 cm³/mol. The minimum atomic E-state index is -0.860. The van der Waals surface area contributed by atoms with E-state index in [0.29, 0.717) is 0 Å². The van der Waals surface area contributed by atoms with Crippen molar-refractivity contribution in [1.29, 1.82) is 0 Å². The molecule has 2 rings (SSSR count). The van der Waals surface area contributed by atoms with Crippen LogP contribution in [-0.2, 0) is 4.79 Å². The van der Waals surface area contributed by atoms with E-state index >= 15 is 0 Å². The number of aliphatic imine (C=N–C) groups is 1. The van der Waals surface area contributed by atoms with Crippen LogP contribution in [0.25, 0.3) is 5.70 Å². The van der Waals surface area contributed by atoms with E-state index in [0.717, 1.165) is 11.3 Å². The molecule has 0 unspecified atom stereocenters. The third-order valence-electron chi connectivity index (χ3n) is 2.34. The number of benzene rings is 1. The SMILES string of the molecule is Cc1ccc(C2=C[C@@H](C(=O)O)C=N2)cc1. The van der Waals surface area contributed by atoms with Crippen molar-refractivity contribution in [2.45, 2.75) is 6.92 Å². The average molecular weight is 201 g/mol.